The summed E-state index contributed by atoms with van der Waals surface area (Å²) < 4.78 is 10.9. The van der Waals surface area contributed by atoms with Crippen molar-refractivity contribution in [1.29, 1.82) is 0 Å². The first-order valence-corrected chi connectivity index (χ1v) is 6.76. The molecule has 0 bridgehead atoms. The minimum absolute atomic E-state index is 0.590. The van der Waals surface area contributed by atoms with Gasteiger partial charge in [0.25, 0.3) is 0 Å². The van der Waals surface area contributed by atoms with E-state index in [1.165, 1.54) is 5.56 Å². The van der Waals surface area contributed by atoms with Gasteiger partial charge in [0.15, 0.2) is 0 Å². The van der Waals surface area contributed by atoms with E-state index in [0.717, 1.165) is 36.4 Å². The van der Waals surface area contributed by atoms with Crippen LogP contribution in [0.3, 0.4) is 0 Å². The van der Waals surface area contributed by atoms with Crippen molar-refractivity contribution in [2.45, 2.75) is 26.8 Å². The van der Waals surface area contributed by atoms with Crippen LogP contribution in [0, 0.1) is 6.92 Å². The molecule has 1 aromatic carbocycles. The van der Waals surface area contributed by atoms with Gasteiger partial charge in [-0.15, -0.1) is 0 Å². The maximum absolute atomic E-state index is 5.91. The summed E-state index contributed by atoms with van der Waals surface area (Å²) in [7, 11) is 1.71. The molecule has 1 N–H and O–H groups in total. The summed E-state index contributed by atoms with van der Waals surface area (Å²) in [5.74, 6) is 0.974. The fraction of sp³-hybridized carbons (Fsp3) is 0.500. The molecular formula is C16H25NO2. The van der Waals surface area contributed by atoms with Gasteiger partial charge in [-0.2, -0.15) is 0 Å². The molecular weight excluding hydrogens is 238 g/mol. The van der Waals surface area contributed by atoms with Crippen LogP contribution in [0.25, 0.3) is 0 Å². The molecule has 0 unspecified atom stereocenters. The van der Waals surface area contributed by atoms with E-state index in [2.05, 4.69) is 43.9 Å². The van der Waals surface area contributed by atoms with Crippen molar-refractivity contribution in [1.82, 2.24) is 5.32 Å². The highest BCUT2D eigenvalue weighted by Crippen LogP contribution is 2.24. The fourth-order valence-electron chi connectivity index (χ4n) is 1.73. The van der Waals surface area contributed by atoms with Gasteiger partial charge in [0.2, 0.25) is 0 Å². The summed E-state index contributed by atoms with van der Waals surface area (Å²) in [6.45, 7) is 11.1. The van der Waals surface area contributed by atoms with E-state index in [1.807, 2.05) is 0 Å². The Morgan fingerprint density at radius 3 is 2.84 bits per heavy atom. The number of nitrogens with one attached hydrogen (secondary N) is 1. The summed E-state index contributed by atoms with van der Waals surface area (Å²) in [6.07, 6.45) is 0.952. The molecule has 1 rings (SSSR count). The minimum atomic E-state index is 0.590. The largest absolute Gasteiger partial charge is 0.489 e. The van der Waals surface area contributed by atoms with Gasteiger partial charge in [-0.05, 0) is 24.5 Å². The molecule has 3 nitrogen and oxygen atoms in total. The van der Waals surface area contributed by atoms with Gasteiger partial charge < -0.3 is 14.8 Å². The van der Waals surface area contributed by atoms with Gasteiger partial charge in [-0.1, -0.05) is 31.7 Å². The first kappa shape index (κ1) is 15.7. The second kappa shape index (κ2) is 8.73. The topological polar surface area (TPSA) is 30.5 Å². The molecule has 0 atom stereocenters. The van der Waals surface area contributed by atoms with E-state index in [9.17, 15) is 0 Å². The standard InChI is InChI=1S/C16H25NO2/c1-5-13(2)12-19-16-14(3)7-6-8-15(16)11-17-9-10-18-4/h6-8,17H,2,5,9-12H2,1,3-4H3. The number of ether oxygens (including phenoxy) is 2. The summed E-state index contributed by atoms with van der Waals surface area (Å²) in [6, 6.07) is 6.23. The second-order valence-electron chi connectivity index (χ2n) is 4.62. The Hall–Kier alpha value is -1.32. The van der Waals surface area contributed by atoms with Gasteiger partial charge in [0.05, 0.1) is 6.61 Å². The highest BCUT2D eigenvalue weighted by atomic mass is 16.5. The van der Waals surface area contributed by atoms with Gasteiger partial charge >= 0.3 is 0 Å². The second-order valence-corrected chi connectivity index (χ2v) is 4.62. The number of methoxy groups -OCH3 is 1. The Kier molecular flexibility index (Phi) is 7.23. The lowest BCUT2D eigenvalue weighted by molar-refractivity contribution is 0.199. The highest BCUT2D eigenvalue weighted by Gasteiger charge is 2.07. The van der Waals surface area contributed by atoms with Crippen LogP contribution in [-0.4, -0.2) is 26.9 Å². The van der Waals surface area contributed by atoms with Crippen molar-refractivity contribution in [2.75, 3.05) is 26.9 Å². The van der Waals surface area contributed by atoms with Gasteiger partial charge in [0.1, 0.15) is 12.4 Å². The lowest BCUT2D eigenvalue weighted by atomic mass is 10.1. The van der Waals surface area contributed by atoms with E-state index in [4.69, 9.17) is 9.47 Å². The Balaban J connectivity index is 2.63. The van der Waals surface area contributed by atoms with E-state index < -0.39 is 0 Å². The monoisotopic (exact) mass is 263 g/mol. The predicted molar refractivity (Wildman–Crippen MR) is 79.7 cm³/mol. The lowest BCUT2D eigenvalue weighted by Crippen LogP contribution is -2.19. The smallest absolute Gasteiger partial charge is 0.127 e. The van der Waals surface area contributed by atoms with Gasteiger partial charge in [-0.3, -0.25) is 0 Å². The SMILES string of the molecule is C=C(CC)COc1c(C)cccc1CNCCOC. The molecule has 0 saturated heterocycles. The number of benzene rings is 1. The molecule has 0 amide bonds. The van der Waals surface area contributed by atoms with Crippen LogP contribution in [0.2, 0.25) is 0 Å². The van der Waals surface area contributed by atoms with Crippen LogP contribution in [0.5, 0.6) is 5.75 Å². The third-order valence-corrected chi connectivity index (χ3v) is 3.01. The normalized spacial score (nSPS) is 10.5. The van der Waals surface area contributed by atoms with Gasteiger partial charge in [-0.25, -0.2) is 0 Å². The van der Waals surface area contributed by atoms with Crippen molar-refractivity contribution in [2.24, 2.45) is 0 Å². The van der Waals surface area contributed by atoms with Crippen LogP contribution in [-0.2, 0) is 11.3 Å². The van der Waals surface area contributed by atoms with Crippen LogP contribution < -0.4 is 10.1 Å². The van der Waals surface area contributed by atoms with Crippen molar-refractivity contribution in [3.8, 4) is 5.75 Å². The molecule has 3 heteroatoms. The first-order chi connectivity index (χ1) is 9.19. The lowest BCUT2D eigenvalue weighted by Gasteiger charge is -2.15. The average molecular weight is 263 g/mol. The molecule has 0 aliphatic heterocycles. The molecule has 19 heavy (non-hydrogen) atoms. The summed E-state index contributed by atoms with van der Waals surface area (Å²) in [5.41, 5.74) is 3.46. The fourth-order valence-corrected chi connectivity index (χ4v) is 1.73. The summed E-state index contributed by atoms with van der Waals surface area (Å²) in [5, 5.41) is 3.34. The summed E-state index contributed by atoms with van der Waals surface area (Å²) >= 11 is 0. The highest BCUT2D eigenvalue weighted by molar-refractivity contribution is 5.41. The molecule has 0 saturated carbocycles. The number of aryl methyl sites for hydroxylation is 1. The third kappa shape index (κ3) is 5.45. The Morgan fingerprint density at radius 2 is 2.16 bits per heavy atom. The van der Waals surface area contributed by atoms with Crippen LogP contribution in [0.4, 0.5) is 0 Å². The Morgan fingerprint density at radius 1 is 1.37 bits per heavy atom. The predicted octanol–water partition coefficient (Wildman–Crippen LogP) is 3.08. The molecule has 0 fully saturated rings. The Labute approximate surface area is 116 Å². The van der Waals surface area contributed by atoms with Crippen molar-refractivity contribution < 1.29 is 9.47 Å². The van der Waals surface area contributed by atoms with E-state index in [1.54, 1.807) is 7.11 Å². The quantitative estimate of drug-likeness (QED) is 0.548. The molecule has 1 aromatic rings. The van der Waals surface area contributed by atoms with Crippen molar-refractivity contribution in [3.05, 3.63) is 41.5 Å². The maximum Gasteiger partial charge on any atom is 0.127 e. The number of rotatable bonds is 9. The van der Waals surface area contributed by atoms with E-state index in [-0.39, 0.29) is 0 Å². The molecule has 0 spiro atoms. The van der Waals surface area contributed by atoms with Crippen molar-refractivity contribution >= 4 is 0 Å². The zero-order valence-corrected chi connectivity index (χ0v) is 12.3. The van der Waals surface area contributed by atoms with Crippen LogP contribution >= 0.6 is 0 Å². The zero-order valence-electron chi connectivity index (χ0n) is 12.3. The Bertz CT molecular complexity index is 402. The van der Waals surface area contributed by atoms with Gasteiger partial charge in [0, 0.05) is 25.8 Å². The van der Waals surface area contributed by atoms with Crippen molar-refractivity contribution in [3.63, 3.8) is 0 Å². The summed E-state index contributed by atoms with van der Waals surface area (Å²) in [4.78, 5) is 0. The first-order valence-electron chi connectivity index (χ1n) is 6.76. The number of para-hydroxylation sites is 1. The average Bonchev–Trinajstić information content (AvgIpc) is 2.42. The van der Waals surface area contributed by atoms with E-state index in [0.29, 0.717) is 13.2 Å². The molecule has 0 aromatic heterocycles. The molecule has 0 heterocycles. The number of hydrogen-bond acceptors (Lipinski definition) is 3. The molecule has 0 aliphatic rings. The molecule has 0 radical (unpaired) electrons. The third-order valence-electron chi connectivity index (χ3n) is 3.01. The van der Waals surface area contributed by atoms with Crippen LogP contribution in [0.15, 0.2) is 30.4 Å². The zero-order chi connectivity index (χ0) is 14.1. The maximum atomic E-state index is 5.91. The minimum Gasteiger partial charge on any atom is -0.489 e. The number of hydrogen-bond donors (Lipinski definition) is 1. The van der Waals surface area contributed by atoms with E-state index >= 15 is 0 Å². The molecule has 0 aliphatic carbocycles. The van der Waals surface area contributed by atoms with Crippen LogP contribution in [0.1, 0.15) is 24.5 Å². The molecule has 106 valence electrons.